The van der Waals surface area contributed by atoms with E-state index < -0.39 is 18.5 Å². The van der Waals surface area contributed by atoms with Gasteiger partial charge in [0.2, 0.25) is 0 Å². The summed E-state index contributed by atoms with van der Waals surface area (Å²) < 4.78 is 6.72. The van der Waals surface area contributed by atoms with Gasteiger partial charge in [-0.05, 0) is 30.7 Å². The second kappa shape index (κ2) is 10.9. The average Bonchev–Trinajstić information content (AvgIpc) is 2.81. The lowest BCUT2D eigenvalue weighted by atomic mass is 10.2. The lowest BCUT2D eigenvalue weighted by Crippen LogP contribution is -2.27. The van der Waals surface area contributed by atoms with Gasteiger partial charge in [0.05, 0.1) is 28.7 Å². The summed E-state index contributed by atoms with van der Waals surface area (Å²) in [6.07, 6.45) is 1.86. The Hall–Kier alpha value is -3.99. The third kappa shape index (κ3) is 5.58. The van der Waals surface area contributed by atoms with Crippen molar-refractivity contribution >= 4 is 28.6 Å². The van der Waals surface area contributed by atoms with Crippen LogP contribution < -0.4 is 10.9 Å². The van der Waals surface area contributed by atoms with Crippen molar-refractivity contribution in [3.05, 3.63) is 70.1 Å². The van der Waals surface area contributed by atoms with E-state index in [1.165, 1.54) is 0 Å². The van der Waals surface area contributed by atoms with E-state index in [-0.39, 0.29) is 18.4 Å². The van der Waals surface area contributed by atoms with Crippen molar-refractivity contribution in [3.8, 4) is 6.07 Å². The van der Waals surface area contributed by atoms with Crippen LogP contribution in [0.15, 0.2) is 53.3 Å². The minimum atomic E-state index is -0.608. The number of hydrogen-bond donors (Lipinski definition) is 1. The third-order valence-electron chi connectivity index (χ3n) is 4.91. The van der Waals surface area contributed by atoms with Crippen LogP contribution in [0.5, 0.6) is 0 Å². The molecule has 1 N–H and O–H groups in total. The minimum Gasteiger partial charge on any atom is -0.456 e. The van der Waals surface area contributed by atoms with Gasteiger partial charge in [-0.1, -0.05) is 37.6 Å². The summed E-state index contributed by atoms with van der Waals surface area (Å²) in [7, 11) is 0. The van der Waals surface area contributed by atoms with Gasteiger partial charge in [-0.2, -0.15) is 5.26 Å². The fourth-order valence-electron chi connectivity index (χ4n) is 3.26. The summed E-state index contributed by atoms with van der Waals surface area (Å²) in [6.45, 7) is 2.16. The van der Waals surface area contributed by atoms with Gasteiger partial charge in [0.15, 0.2) is 6.61 Å². The van der Waals surface area contributed by atoms with Crippen LogP contribution in [0.1, 0.15) is 37.4 Å². The van der Waals surface area contributed by atoms with Crippen LogP contribution in [0, 0.1) is 11.3 Å². The molecule has 0 aliphatic carbocycles. The number of ether oxygens (including phenoxy) is 1. The molecule has 0 unspecified atom stereocenters. The molecule has 1 heterocycles. The van der Waals surface area contributed by atoms with Crippen LogP contribution in [0.4, 0.5) is 5.69 Å². The standard InChI is InChI=1S/C24H24N4O4/c1-2-3-14-28-21-11-7-6-10-19(21)26-20(24(28)31)12-13-23(30)32-16-22(29)27-18-9-5-4-8-17(18)15-25/h4-11H,2-3,12-14,16H2,1H3,(H,27,29). The summed E-state index contributed by atoms with van der Waals surface area (Å²) >= 11 is 0. The van der Waals surface area contributed by atoms with Crippen LogP contribution in [0.3, 0.4) is 0 Å². The second-order valence-corrected chi connectivity index (χ2v) is 7.22. The molecule has 164 valence electrons. The molecule has 3 rings (SSSR count). The number of carbonyl (C=O) groups excluding carboxylic acids is 2. The molecule has 0 atom stereocenters. The van der Waals surface area contributed by atoms with Crippen molar-refractivity contribution in [3.63, 3.8) is 0 Å². The topological polar surface area (TPSA) is 114 Å². The molecule has 1 amide bonds. The van der Waals surface area contributed by atoms with Gasteiger partial charge < -0.3 is 14.6 Å². The first-order valence-electron chi connectivity index (χ1n) is 10.5. The Labute approximate surface area is 185 Å². The molecular formula is C24H24N4O4. The molecule has 32 heavy (non-hydrogen) atoms. The van der Waals surface area contributed by atoms with Gasteiger partial charge in [-0.3, -0.25) is 14.4 Å². The summed E-state index contributed by atoms with van der Waals surface area (Å²) in [5.74, 6) is -1.16. The van der Waals surface area contributed by atoms with Gasteiger partial charge in [0, 0.05) is 13.0 Å². The maximum atomic E-state index is 12.9. The second-order valence-electron chi connectivity index (χ2n) is 7.22. The maximum Gasteiger partial charge on any atom is 0.306 e. The molecule has 0 spiro atoms. The first kappa shape index (κ1) is 22.7. The molecule has 2 aromatic carbocycles. The monoisotopic (exact) mass is 432 g/mol. The number of aryl methyl sites for hydroxylation is 2. The number of benzene rings is 2. The number of rotatable bonds is 9. The van der Waals surface area contributed by atoms with Crippen molar-refractivity contribution < 1.29 is 14.3 Å². The number of nitrogens with one attached hydrogen (secondary N) is 1. The number of hydrogen-bond acceptors (Lipinski definition) is 6. The normalized spacial score (nSPS) is 10.5. The smallest absolute Gasteiger partial charge is 0.306 e. The van der Waals surface area contributed by atoms with Crippen LogP contribution in [-0.4, -0.2) is 28.0 Å². The number of carbonyl (C=O) groups is 2. The van der Waals surface area contributed by atoms with E-state index in [4.69, 9.17) is 10.00 Å². The Morgan fingerprint density at radius 1 is 1.16 bits per heavy atom. The molecule has 0 fully saturated rings. The molecule has 8 nitrogen and oxygen atoms in total. The van der Waals surface area contributed by atoms with E-state index >= 15 is 0 Å². The van der Waals surface area contributed by atoms with Crippen LogP contribution in [-0.2, 0) is 27.3 Å². The Balaban J connectivity index is 1.61. The van der Waals surface area contributed by atoms with E-state index in [0.29, 0.717) is 29.0 Å². The van der Waals surface area contributed by atoms with Gasteiger partial charge in [0.25, 0.3) is 11.5 Å². The highest BCUT2D eigenvalue weighted by Crippen LogP contribution is 2.14. The highest BCUT2D eigenvalue weighted by Gasteiger charge is 2.14. The molecular weight excluding hydrogens is 408 g/mol. The van der Waals surface area contributed by atoms with E-state index in [9.17, 15) is 14.4 Å². The van der Waals surface area contributed by atoms with Crippen molar-refractivity contribution in [1.82, 2.24) is 9.55 Å². The van der Waals surface area contributed by atoms with Crippen molar-refractivity contribution in [1.29, 1.82) is 5.26 Å². The van der Waals surface area contributed by atoms with Crippen molar-refractivity contribution in [2.24, 2.45) is 0 Å². The Morgan fingerprint density at radius 3 is 2.69 bits per heavy atom. The number of esters is 1. The number of unbranched alkanes of at least 4 members (excludes halogenated alkanes) is 1. The fraction of sp³-hybridized carbons (Fsp3) is 0.292. The molecule has 1 aromatic heterocycles. The molecule has 0 aliphatic rings. The molecule has 0 saturated heterocycles. The molecule has 8 heteroatoms. The number of para-hydroxylation sites is 3. The maximum absolute atomic E-state index is 12.9. The molecule has 0 saturated carbocycles. The third-order valence-corrected chi connectivity index (χ3v) is 4.91. The van der Waals surface area contributed by atoms with E-state index in [0.717, 1.165) is 18.4 Å². The van der Waals surface area contributed by atoms with E-state index in [1.54, 1.807) is 28.8 Å². The first-order valence-corrected chi connectivity index (χ1v) is 10.5. The predicted octanol–water partition coefficient (Wildman–Crippen LogP) is 3.18. The largest absolute Gasteiger partial charge is 0.456 e. The highest BCUT2D eigenvalue weighted by molar-refractivity contribution is 5.94. The van der Waals surface area contributed by atoms with Gasteiger partial charge in [-0.25, -0.2) is 4.98 Å². The Morgan fingerprint density at radius 2 is 1.91 bits per heavy atom. The van der Waals surface area contributed by atoms with Crippen LogP contribution in [0.2, 0.25) is 0 Å². The average molecular weight is 432 g/mol. The first-order chi connectivity index (χ1) is 15.5. The number of nitrogens with zero attached hydrogens (tertiary/aromatic N) is 3. The van der Waals surface area contributed by atoms with Crippen LogP contribution >= 0.6 is 0 Å². The number of nitriles is 1. The Kier molecular flexibility index (Phi) is 7.70. The zero-order chi connectivity index (χ0) is 22.9. The number of fused-ring (bicyclic) bond motifs is 1. The zero-order valence-electron chi connectivity index (χ0n) is 17.8. The SMILES string of the molecule is CCCCn1c(=O)c(CCC(=O)OCC(=O)Nc2ccccc2C#N)nc2ccccc21. The zero-order valence-corrected chi connectivity index (χ0v) is 17.8. The lowest BCUT2D eigenvalue weighted by molar-refractivity contribution is -0.147. The number of anilines is 1. The van der Waals surface area contributed by atoms with E-state index in [2.05, 4.69) is 17.2 Å². The highest BCUT2D eigenvalue weighted by atomic mass is 16.5. The molecule has 0 radical (unpaired) electrons. The molecule has 0 bridgehead atoms. The fourth-order valence-corrected chi connectivity index (χ4v) is 3.26. The predicted molar refractivity (Wildman–Crippen MR) is 120 cm³/mol. The summed E-state index contributed by atoms with van der Waals surface area (Å²) in [5, 5.41) is 11.6. The number of aromatic nitrogens is 2. The van der Waals surface area contributed by atoms with Gasteiger partial charge in [-0.15, -0.1) is 0 Å². The molecule has 3 aromatic rings. The van der Waals surface area contributed by atoms with Crippen molar-refractivity contribution in [2.45, 2.75) is 39.2 Å². The van der Waals surface area contributed by atoms with Gasteiger partial charge >= 0.3 is 5.97 Å². The molecule has 0 aliphatic heterocycles. The summed E-state index contributed by atoms with van der Waals surface area (Å²) in [6, 6.07) is 15.9. The van der Waals surface area contributed by atoms with E-state index in [1.807, 2.05) is 30.3 Å². The Bertz CT molecular complexity index is 1230. The van der Waals surface area contributed by atoms with Crippen LogP contribution in [0.25, 0.3) is 11.0 Å². The summed E-state index contributed by atoms with van der Waals surface area (Å²) in [5.41, 5.74) is 2.21. The summed E-state index contributed by atoms with van der Waals surface area (Å²) in [4.78, 5) is 41.5. The lowest BCUT2D eigenvalue weighted by Gasteiger charge is -2.12. The van der Waals surface area contributed by atoms with Crippen molar-refractivity contribution in [2.75, 3.05) is 11.9 Å². The minimum absolute atomic E-state index is 0.0730. The van der Waals surface area contributed by atoms with Gasteiger partial charge in [0.1, 0.15) is 11.8 Å². The number of amides is 1. The quantitative estimate of drug-likeness (QED) is 0.520.